The number of nitrogens with zero attached hydrogens (tertiary/aromatic N) is 7. The van der Waals surface area contributed by atoms with E-state index < -0.39 is 18.4 Å². The van der Waals surface area contributed by atoms with Gasteiger partial charge in [0, 0.05) is 17.5 Å². The predicted molar refractivity (Wildman–Crippen MR) is 68.3 cm³/mol. The highest BCUT2D eigenvalue weighted by Crippen LogP contribution is 2.31. The molecule has 0 amide bonds. The summed E-state index contributed by atoms with van der Waals surface area (Å²) in [6.07, 6.45) is 2.48. The van der Waals surface area contributed by atoms with E-state index in [-0.39, 0.29) is 6.61 Å². The third kappa shape index (κ3) is 2.01. The van der Waals surface area contributed by atoms with Crippen molar-refractivity contribution in [2.75, 3.05) is 12.3 Å². The highest BCUT2D eigenvalue weighted by molar-refractivity contribution is 5.84. The minimum Gasteiger partial charge on any atom is -0.394 e. The van der Waals surface area contributed by atoms with E-state index in [4.69, 9.17) is 16.0 Å². The molecule has 0 spiro atoms. The summed E-state index contributed by atoms with van der Waals surface area (Å²) in [5.74, 6) is 0.338. The first-order chi connectivity index (χ1) is 9.72. The highest BCUT2D eigenvalue weighted by atomic mass is 16.5. The first-order valence-electron chi connectivity index (χ1n) is 5.98. The van der Waals surface area contributed by atoms with Crippen molar-refractivity contribution >= 4 is 16.9 Å². The summed E-state index contributed by atoms with van der Waals surface area (Å²) in [5, 5.41) is 17.7. The lowest BCUT2D eigenvalue weighted by atomic mass is 10.1. The van der Waals surface area contributed by atoms with Gasteiger partial charge in [-0.2, -0.15) is 0 Å². The number of nitrogens with two attached hydrogens (primary N) is 1. The molecule has 1 fully saturated rings. The largest absolute Gasteiger partial charge is 0.394 e. The van der Waals surface area contributed by atoms with Gasteiger partial charge in [-0.1, -0.05) is 5.11 Å². The molecule has 0 saturated carbocycles. The van der Waals surface area contributed by atoms with Crippen LogP contribution >= 0.6 is 0 Å². The van der Waals surface area contributed by atoms with Crippen molar-refractivity contribution in [3.05, 3.63) is 23.0 Å². The Labute approximate surface area is 112 Å². The lowest BCUT2D eigenvalue weighted by molar-refractivity contribution is -0.0302. The summed E-state index contributed by atoms with van der Waals surface area (Å²) >= 11 is 0. The van der Waals surface area contributed by atoms with Gasteiger partial charge in [0.1, 0.15) is 12.1 Å². The van der Waals surface area contributed by atoms with Crippen LogP contribution in [0.2, 0.25) is 0 Å². The Hall–Kier alpha value is -2.42. The molecule has 3 N–H and O–H groups in total. The number of aliphatic hydroxyl groups is 1. The molecule has 3 atom stereocenters. The number of aromatic nitrogens is 4. The molecule has 0 radical (unpaired) electrons. The van der Waals surface area contributed by atoms with Gasteiger partial charge in [0.05, 0.1) is 24.1 Å². The van der Waals surface area contributed by atoms with Crippen LogP contribution in [-0.4, -0.2) is 43.6 Å². The fourth-order valence-electron chi connectivity index (χ4n) is 2.25. The van der Waals surface area contributed by atoms with Crippen LogP contribution < -0.4 is 5.73 Å². The molecule has 0 aliphatic carbocycles. The Balaban J connectivity index is 1.92. The third-order valence-electron chi connectivity index (χ3n) is 3.24. The van der Waals surface area contributed by atoms with Crippen LogP contribution in [-0.2, 0) is 4.74 Å². The maximum Gasteiger partial charge on any atom is 0.186 e. The summed E-state index contributed by atoms with van der Waals surface area (Å²) < 4.78 is 7.19. The molecule has 10 nitrogen and oxygen atoms in total. The van der Waals surface area contributed by atoms with Crippen molar-refractivity contribution in [2.45, 2.75) is 24.8 Å². The summed E-state index contributed by atoms with van der Waals surface area (Å²) in [4.78, 5) is 10.7. The Kier molecular flexibility index (Phi) is 3.11. The van der Waals surface area contributed by atoms with Gasteiger partial charge in [-0.3, -0.25) is 0 Å². The summed E-state index contributed by atoms with van der Waals surface area (Å²) in [6.45, 7) is -0.219. The molecular formula is C10H12N8O2. The van der Waals surface area contributed by atoms with Crippen molar-refractivity contribution in [3.8, 4) is 0 Å². The summed E-state index contributed by atoms with van der Waals surface area (Å²) in [6, 6.07) is -0.425. The van der Waals surface area contributed by atoms with E-state index >= 15 is 0 Å². The first-order valence-corrected chi connectivity index (χ1v) is 5.98. The topological polar surface area (TPSA) is 148 Å². The van der Waals surface area contributed by atoms with Crippen LogP contribution in [0, 0.1) is 0 Å². The summed E-state index contributed by atoms with van der Waals surface area (Å²) in [7, 11) is 0. The standard InChI is InChI=1S/C10H12N8O2/c11-9-5-2-18(16-10(5)14-4-13-9)8-1-6(15-17-12)7(3-19)20-8/h2,4,6-8,19H,1,3H2,(H2,11,13,14,16)/t6-,7+,8+/m0/s1. The molecule has 104 valence electrons. The predicted octanol–water partition coefficient (Wildman–Crippen LogP) is 0.367. The number of rotatable bonds is 3. The van der Waals surface area contributed by atoms with E-state index in [1.807, 2.05) is 0 Å². The van der Waals surface area contributed by atoms with Gasteiger partial charge < -0.3 is 15.6 Å². The molecule has 20 heavy (non-hydrogen) atoms. The first kappa shape index (κ1) is 12.6. The second-order valence-corrected chi connectivity index (χ2v) is 4.43. The molecule has 3 rings (SSSR count). The van der Waals surface area contributed by atoms with Crippen LogP contribution in [0.5, 0.6) is 0 Å². The quantitative estimate of drug-likeness (QED) is 0.470. The Morgan fingerprint density at radius 2 is 2.45 bits per heavy atom. The van der Waals surface area contributed by atoms with E-state index in [1.165, 1.54) is 6.33 Å². The van der Waals surface area contributed by atoms with Gasteiger partial charge in [0.2, 0.25) is 0 Å². The second-order valence-electron chi connectivity index (χ2n) is 4.43. The number of fused-ring (bicyclic) bond motifs is 1. The van der Waals surface area contributed by atoms with Gasteiger partial charge in [-0.15, -0.1) is 5.10 Å². The number of hydrogen-bond acceptors (Lipinski definition) is 7. The van der Waals surface area contributed by atoms with Gasteiger partial charge in [0.15, 0.2) is 11.9 Å². The van der Waals surface area contributed by atoms with Crippen molar-refractivity contribution in [3.63, 3.8) is 0 Å². The van der Waals surface area contributed by atoms with Crippen molar-refractivity contribution < 1.29 is 9.84 Å². The van der Waals surface area contributed by atoms with Crippen LogP contribution in [0.1, 0.15) is 12.6 Å². The SMILES string of the molecule is [N-]=[N+]=N[C@H]1C[C@H](n2cc3c(N)ncnc3n2)O[C@@H]1CO. The van der Waals surface area contributed by atoms with E-state index in [9.17, 15) is 5.11 Å². The van der Waals surface area contributed by atoms with Gasteiger partial charge in [-0.25, -0.2) is 14.6 Å². The van der Waals surface area contributed by atoms with E-state index in [1.54, 1.807) is 10.9 Å². The molecule has 2 aromatic heterocycles. The minimum absolute atomic E-state index is 0.219. The third-order valence-corrected chi connectivity index (χ3v) is 3.24. The molecule has 1 aliphatic rings. The molecule has 0 aromatic carbocycles. The number of azide groups is 1. The molecule has 10 heteroatoms. The highest BCUT2D eigenvalue weighted by Gasteiger charge is 2.35. The maximum absolute atomic E-state index is 9.23. The van der Waals surface area contributed by atoms with Crippen molar-refractivity contribution in [2.24, 2.45) is 5.11 Å². The molecule has 0 bridgehead atoms. The monoisotopic (exact) mass is 276 g/mol. The lowest BCUT2D eigenvalue weighted by Crippen LogP contribution is -2.23. The molecule has 0 unspecified atom stereocenters. The minimum atomic E-state index is -0.536. The second kappa shape index (κ2) is 4.93. The Morgan fingerprint density at radius 1 is 1.60 bits per heavy atom. The van der Waals surface area contributed by atoms with Crippen LogP contribution in [0.15, 0.2) is 17.6 Å². The fraction of sp³-hybridized carbons (Fsp3) is 0.500. The molecule has 2 aromatic rings. The van der Waals surface area contributed by atoms with Crippen LogP contribution in [0.25, 0.3) is 21.5 Å². The van der Waals surface area contributed by atoms with E-state index in [0.717, 1.165) is 0 Å². The lowest BCUT2D eigenvalue weighted by Gasteiger charge is -2.12. The number of nitrogen functional groups attached to an aromatic ring is 1. The van der Waals surface area contributed by atoms with Gasteiger partial charge >= 0.3 is 0 Å². The van der Waals surface area contributed by atoms with Crippen molar-refractivity contribution in [1.82, 2.24) is 19.7 Å². The van der Waals surface area contributed by atoms with E-state index in [0.29, 0.717) is 23.3 Å². The molecule has 1 aliphatic heterocycles. The fourth-order valence-corrected chi connectivity index (χ4v) is 2.25. The normalized spacial score (nSPS) is 25.8. The molecule has 1 saturated heterocycles. The number of anilines is 1. The average Bonchev–Trinajstić information content (AvgIpc) is 3.03. The van der Waals surface area contributed by atoms with Crippen molar-refractivity contribution in [1.29, 1.82) is 0 Å². The summed E-state index contributed by atoms with van der Waals surface area (Å²) in [5.41, 5.74) is 14.7. The molecule has 3 heterocycles. The Bertz CT molecular complexity index is 679. The van der Waals surface area contributed by atoms with Crippen LogP contribution in [0.4, 0.5) is 5.82 Å². The number of ether oxygens (including phenoxy) is 1. The van der Waals surface area contributed by atoms with E-state index in [2.05, 4.69) is 25.1 Å². The number of hydrogen-bond donors (Lipinski definition) is 2. The van der Waals surface area contributed by atoms with Gasteiger partial charge in [-0.05, 0) is 5.53 Å². The maximum atomic E-state index is 9.23. The smallest absolute Gasteiger partial charge is 0.186 e. The number of aliphatic hydroxyl groups excluding tert-OH is 1. The molecular weight excluding hydrogens is 264 g/mol. The zero-order chi connectivity index (χ0) is 14.1. The average molecular weight is 276 g/mol. The Morgan fingerprint density at radius 3 is 3.15 bits per heavy atom. The zero-order valence-corrected chi connectivity index (χ0v) is 10.4. The van der Waals surface area contributed by atoms with Crippen LogP contribution in [0.3, 0.4) is 0 Å². The van der Waals surface area contributed by atoms with Gasteiger partial charge in [0.25, 0.3) is 0 Å². The zero-order valence-electron chi connectivity index (χ0n) is 10.4.